The molecule has 104 valence electrons. The molecule has 0 spiro atoms. The Morgan fingerprint density at radius 1 is 1.37 bits per heavy atom. The summed E-state index contributed by atoms with van der Waals surface area (Å²) in [6.45, 7) is 2.76. The average Bonchev–Trinajstić information content (AvgIpc) is 2.37. The standard InChI is InChI=1S/C15H22N2O2/c1-15(8-3-9-15)14(19)16-12-4-6-13(7-5-12)17(2)10-11-18/h4-7,18H,3,8-11H2,1-2H3,(H,16,19). The molecule has 1 aliphatic carbocycles. The Morgan fingerprint density at radius 2 is 2.00 bits per heavy atom. The quantitative estimate of drug-likeness (QED) is 0.855. The van der Waals surface area contributed by atoms with Gasteiger partial charge in [0.15, 0.2) is 0 Å². The van der Waals surface area contributed by atoms with E-state index in [0.717, 1.165) is 30.6 Å². The van der Waals surface area contributed by atoms with Crippen molar-refractivity contribution >= 4 is 17.3 Å². The topological polar surface area (TPSA) is 52.6 Å². The van der Waals surface area contributed by atoms with Gasteiger partial charge in [0, 0.05) is 30.4 Å². The van der Waals surface area contributed by atoms with Crippen LogP contribution in [0.4, 0.5) is 11.4 Å². The van der Waals surface area contributed by atoms with Crippen LogP contribution in [0.5, 0.6) is 0 Å². The molecule has 1 aromatic rings. The minimum atomic E-state index is -0.174. The summed E-state index contributed by atoms with van der Waals surface area (Å²) >= 11 is 0. The van der Waals surface area contributed by atoms with E-state index in [-0.39, 0.29) is 17.9 Å². The molecule has 0 radical (unpaired) electrons. The smallest absolute Gasteiger partial charge is 0.230 e. The van der Waals surface area contributed by atoms with Gasteiger partial charge in [0.05, 0.1) is 6.61 Å². The molecule has 19 heavy (non-hydrogen) atoms. The number of likely N-dealkylation sites (N-methyl/N-ethyl adjacent to an activating group) is 1. The van der Waals surface area contributed by atoms with Crippen LogP contribution in [0, 0.1) is 5.41 Å². The molecular formula is C15H22N2O2. The van der Waals surface area contributed by atoms with Crippen molar-refractivity contribution in [1.29, 1.82) is 0 Å². The van der Waals surface area contributed by atoms with E-state index in [1.165, 1.54) is 0 Å². The van der Waals surface area contributed by atoms with Crippen molar-refractivity contribution in [3.63, 3.8) is 0 Å². The van der Waals surface area contributed by atoms with Crippen LogP contribution < -0.4 is 10.2 Å². The van der Waals surface area contributed by atoms with E-state index in [1.54, 1.807) is 0 Å². The second kappa shape index (κ2) is 5.61. The molecular weight excluding hydrogens is 240 g/mol. The van der Waals surface area contributed by atoms with Crippen LogP contribution in [0.3, 0.4) is 0 Å². The number of carbonyl (C=O) groups is 1. The first kappa shape index (κ1) is 13.9. The predicted octanol–water partition coefficient (Wildman–Crippen LogP) is 2.24. The highest BCUT2D eigenvalue weighted by molar-refractivity contribution is 5.95. The van der Waals surface area contributed by atoms with Crippen LogP contribution in [0.1, 0.15) is 26.2 Å². The van der Waals surface area contributed by atoms with E-state index in [4.69, 9.17) is 5.11 Å². The number of aliphatic hydroxyl groups excluding tert-OH is 1. The van der Waals surface area contributed by atoms with Crippen LogP contribution >= 0.6 is 0 Å². The number of aliphatic hydroxyl groups is 1. The Bertz CT molecular complexity index is 438. The summed E-state index contributed by atoms with van der Waals surface area (Å²) in [7, 11) is 1.93. The number of nitrogens with one attached hydrogen (secondary N) is 1. The molecule has 0 atom stereocenters. The molecule has 4 heteroatoms. The van der Waals surface area contributed by atoms with Crippen LogP contribution in [0.2, 0.25) is 0 Å². The second-order valence-electron chi connectivity index (χ2n) is 5.56. The lowest BCUT2D eigenvalue weighted by molar-refractivity contribution is -0.128. The molecule has 1 amide bonds. The second-order valence-corrected chi connectivity index (χ2v) is 5.56. The maximum atomic E-state index is 12.1. The molecule has 1 aromatic carbocycles. The highest BCUT2D eigenvalue weighted by Crippen LogP contribution is 2.41. The van der Waals surface area contributed by atoms with Crippen LogP contribution in [0.15, 0.2) is 24.3 Å². The maximum absolute atomic E-state index is 12.1. The van der Waals surface area contributed by atoms with Crippen molar-refractivity contribution in [2.24, 2.45) is 5.41 Å². The van der Waals surface area contributed by atoms with Gasteiger partial charge in [0.25, 0.3) is 0 Å². The summed E-state index contributed by atoms with van der Waals surface area (Å²) in [4.78, 5) is 14.1. The third kappa shape index (κ3) is 3.07. The number of carbonyl (C=O) groups excluding carboxylic acids is 1. The van der Waals surface area contributed by atoms with Gasteiger partial charge in [-0.2, -0.15) is 0 Å². The van der Waals surface area contributed by atoms with Gasteiger partial charge in [-0.3, -0.25) is 4.79 Å². The zero-order chi connectivity index (χ0) is 13.9. The molecule has 1 aliphatic rings. The normalized spacial score (nSPS) is 16.6. The van der Waals surface area contributed by atoms with E-state index in [9.17, 15) is 4.79 Å². The molecule has 1 saturated carbocycles. The van der Waals surface area contributed by atoms with Gasteiger partial charge in [0.2, 0.25) is 5.91 Å². The number of anilines is 2. The lowest BCUT2D eigenvalue weighted by Crippen LogP contribution is -2.39. The SMILES string of the molecule is CN(CCO)c1ccc(NC(=O)C2(C)CCC2)cc1. The van der Waals surface area contributed by atoms with Gasteiger partial charge in [-0.25, -0.2) is 0 Å². The van der Waals surface area contributed by atoms with E-state index in [2.05, 4.69) is 5.32 Å². The molecule has 2 N–H and O–H groups in total. The van der Waals surface area contributed by atoms with Crippen molar-refractivity contribution < 1.29 is 9.90 Å². The fourth-order valence-corrected chi connectivity index (χ4v) is 2.29. The predicted molar refractivity (Wildman–Crippen MR) is 77.4 cm³/mol. The Kier molecular flexibility index (Phi) is 4.10. The first-order chi connectivity index (χ1) is 9.05. The zero-order valence-electron chi connectivity index (χ0n) is 11.6. The van der Waals surface area contributed by atoms with Gasteiger partial charge in [-0.05, 0) is 37.1 Å². The molecule has 0 saturated heterocycles. The molecule has 0 unspecified atom stereocenters. The van der Waals surface area contributed by atoms with Gasteiger partial charge < -0.3 is 15.3 Å². The van der Waals surface area contributed by atoms with E-state index in [1.807, 2.05) is 43.1 Å². The summed E-state index contributed by atoms with van der Waals surface area (Å²) < 4.78 is 0. The number of hydrogen-bond donors (Lipinski definition) is 2. The van der Waals surface area contributed by atoms with Crippen LogP contribution in [-0.2, 0) is 4.79 Å². The summed E-state index contributed by atoms with van der Waals surface area (Å²) in [5.41, 5.74) is 1.69. The Labute approximate surface area is 114 Å². The molecule has 0 heterocycles. The molecule has 1 fully saturated rings. The van der Waals surface area contributed by atoms with E-state index in [0.29, 0.717) is 6.54 Å². The fraction of sp³-hybridized carbons (Fsp3) is 0.533. The van der Waals surface area contributed by atoms with Crippen molar-refractivity contribution in [1.82, 2.24) is 0 Å². The fourth-order valence-electron chi connectivity index (χ4n) is 2.29. The highest BCUT2D eigenvalue weighted by atomic mass is 16.3. The largest absolute Gasteiger partial charge is 0.395 e. The van der Waals surface area contributed by atoms with Gasteiger partial charge in [-0.1, -0.05) is 13.3 Å². The molecule has 4 nitrogen and oxygen atoms in total. The number of nitrogens with zero attached hydrogens (tertiary/aromatic N) is 1. The van der Waals surface area contributed by atoms with Crippen molar-refractivity contribution in [2.45, 2.75) is 26.2 Å². The van der Waals surface area contributed by atoms with Crippen molar-refractivity contribution in [3.05, 3.63) is 24.3 Å². The van der Waals surface area contributed by atoms with E-state index < -0.39 is 0 Å². The zero-order valence-corrected chi connectivity index (χ0v) is 11.6. The molecule has 0 bridgehead atoms. The number of benzene rings is 1. The van der Waals surface area contributed by atoms with Gasteiger partial charge >= 0.3 is 0 Å². The third-order valence-electron chi connectivity index (χ3n) is 4.01. The minimum absolute atomic E-state index is 0.121. The number of rotatable bonds is 5. The van der Waals surface area contributed by atoms with Gasteiger partial charge in [0.1, 0.15) is 0 Å². The monoisotopic (exact) mass is 262 g/mol. The summed E-state index contributed by atoms with van der Waals surface area (Å²) in [5.74, 6) is 0.121. The highest BCUT2D eigenvalue weighted by Gasteiger charge is 2.39. The summed E-state index contributed by atoms with van der Waals surface area (Å²) in [6, 6.07) is 7.72. The maximum Gasteiger partial charge on any atom is 0.230 e. The van der Waals surface area contributed by atoms with Crippen LogP contribution in [0.25, 0.3) is 0 Å². The number of hydrogen-bond acceptors (Lipinski definition) is 3. The van der Waals surface area contributed by atoms with E-state index >= 15 is 0 Å². The number of amides is 1. The first-order valence-electron chi connectivity index (χ1n) is 6.79. The van der Waals surface area contributed by atoms with Crippen molar-refractivity contribution in [2.75, 3.05) is 30.4 Å². The summed E-state index contributed by atoms with van der Waals surface area (Å²) in [6.07, 6.45) is 3.11. The summed E-state index contributed by atoms with van der Waals surface area (Å²) in [5, 5.41) is 11.9. The van der Waals surface area contributed by atoms with Gasteiger partial charge in [-0.15, -0.1) is 0 Å². The minimum Gasteiger partial charge on any atom is -0.395 e. The average molecular weight is 262 g/mol. The third-order valence-corrected chi connectivity index (χ3v) is 4.01. The Morgan fingerprint density at radius 3 is 2.47 bits per heavy atom. The van der Waals surface area contributed by atoms with Crippen molar-refractivity contribution in [3.8, 4) is 0 Å². The molecule has 0 aromatic heterocycles. The van der Waals surface area contributed by atoms with Crippen LogP contribution in [-0.4, -0.2) is 31.2 Å². The lowest BCUT2D eigenvalue weighted by Gasteiger charge is -2.36. The lowest BCUT2D eigenvalue weighted by atomic mass is 9.70. The molecule has 2 rings (SSSR count). The Balaban J connectivity index is 1.97. The Hall–Kier alpha value is -1.55. The first-order valence-corrected chi connectivity index (χ1v) is 6.79. The molecule has 0 aliphatic heterocycles.